The van der Waals surface area contributed by atoms with Crippen molar-refractivity contribution in [3.05, 3.63) is 99.6 Å². The first kappa shape index (κ1) is 21.8. The van der Waals surface area contributed by atoms with Gasteiger partial charge in [0.15, 0.2) is 5.16 Å². The first-order valence-electron chi connectivity index (χ1n) is 10.1. The van der Waals surface area contributed by atoms with E-state index in [1.807, 2.05) is 38.1 Å². The minimum absolute atomic E-state index is 0.0983. The van der Waals surface area contributed by atoms with Gasteiger partial charge in [-0.1, -0.05) is 42.1 Å². The van der Waals surface area contributed by atoms with E-state index in [9.17, 15) is 14.0 Å². The average molecular weight is 448 g/mol. The number of fused-ring (bicyclic) bond motifs is 1. The van der Waals surface area contributed by atoms with E-state index in [4.69, 9.17) is 0 Å². The number of halogens is 1. The summed E-state index contributed by atoms with van der Waals surface area (Å²) in [4.78, 5) is 30.3. The van der Waals surface area contributed by atoms with Crippen molar-refractivity contribution in [1.82, 2.24) is 9.55 Å². The van der Waals surface area contributed by atoms with E-state index in [1.165, 1.54) is 28.5 Å². The number of amides is 1. The summed E-state index contributed by atoms with van der Waals surface area (Å²) in [6.07, 6.45) is 0. The van der Waals surface area contributed by atoms with Crippen LogP contribution in [0.4, 0.5) is 10.1 Å². The summed E-state index contributed by atoms with van der Waals surface area (Å²) >= 11 is 1.20. The fourth-order valence-corrected chi connectivity index (χ4v) is 4.11. The van der Waals surface area contributed by atoms with E-state index in [2.05, 4.69) is 10.3 Å². The van der Waals surface area contributed by atoms with Gasteiger partial charge in [-0.2, -0.15) is 0 Å². The fourth-order valence-electron chi connectivity index (χ4n) is 3.32. The second-order valence-electron chi connectivity index (χ2n) is 7.57. The Kier molecular flexibility index (Phi) is 6.37. The van der Waals surface area contributed by atoms with Crippen LogP contribution in [0.5, 0.6) is 0 Å². The maximum Gasteiger partial charge on any atom is 0.262 e. The monoisotopic (exact) mass is 447 g/mol. The maximum absolute atomic E-state index is 13.3. The number of hydrogen-bond donors (Lipinski definition) is 1. The van der Waals surface area contributed by atoms with Crippen molar-refractivity contribution < 1.29 is 9.18 Å². The smallest absolute Gasteiger partial charge is 0.262 e. The molecule has 0 aliphatic carbocycles. The lowest BCUT2D eigenvalue weighted by Gasteiger charge is -2.13. The zero-order chi connectivity index (χ0) is 22.7. The molecule has 4 rings (SSSR count). The average Bonchev–Trinajstić information content (AvgIpc) is 2.78. The summed E-state index contributed by atoms with van der Waals surface area (Å²) in [5.41, 5.74) is 4.13. The van der Waals surface area contributed by atoms with E-state index < -0.39 is 0 Å². The molecule has 0 spiro atoms. The highest BCUT2D eigenvalue weighted by Gasteiger charge is 2.14. The fraction of sp³-hybridized carbons (Fsp3) is 0.160. The minimum Gasteiger partial charge on any atom is -0.325 e. The van der Waals surface area contributed by atoms with Crippen LogP contribution in [0.15, 0.2) is 76.7 Å². The third-order valence-corrected chi connectivity index (χ3v) is 6.18. The second-order valence-corrected chi connectivity index (χ2v) is 8.51. The number of aromatic nitrogens is 2. The summed E-state index contributed by atoms with van der Waals surface area (Å²) in [5.74, 6) is -0.425. The van der Waals surface area contributed by atoms with Gasteiger partial charge in [0, 0.05) is 5.69 Å². The van der Waals surface area contributed by atoms with Crippen molar-refractivity contribution in [1.29, 1.82) is 0 Å². The van der Waals surface area contributed by atoms with Crippen LogP contribution in [-0.4, -0.2) is 21.2 Å². The number of thioether (sulfide) groups is 1. The molecule has 0 saturated carbocycles. The number of anilines is 1. The molecule has 1 heterocycles. The van der Waals surface area contributed by atoms with Gasteiger partial charge in [0.05, 0.1) is 23.2 Å². The van der Waals surface area contributed by atoms with E-state index in [1.54, 1.807) is 30.3 Å². The van der Waals surface area contributed by atoms with Gasteiger partial charge in [-0.05, 0) is 66.9 Å². The Balaban J connectivity index is 1.60. The highest BCUT2D eigenvalue weighted by molar-refractivity contribution is 7.99. The summed E-state index contributed by atoms with van der Waals surface area (Å²) < 4.78 is 14.8. The number of para-hydroxylation sites is 1. The Morgan fingerprint density at radius 3 is 2.53 bits per heavy atom. The number of carbonyl (C=O) groups excluding carboxylic acids is 1. The zero-order valence-corrected chi connectivity index (χ0v) is 18.6. The third-order valence-electron chi connectivity index (χ3n) is 5.20. The quantitative estimate of drug-likeness (QED) is 0.336. The Hall–Kier alpha value is -3.45. The lowest BCUT2D eigenvalue weighted by Crippen LogP contribution is -2.25. The molecule has 32 heavy (non-hydrogen) atoms. The summed E-state index contributed by atoms with van der Waals surface area (Å²) in [6.45, 7) is 4.24. The number of nitrogens with one attached hydrogen (secondary N) is 1. The van der Waals surface area contributed by atoms with Gasteiger partial charge < -0.3 is 5.32 Å². The van der Waals surface area contributed by atoms with Crippen LogP contribution in [-0.2, 0) is 11.3 Å². The molecule has 0 aliphatic rings. The van der Waals surface area contributed by atoms with Crippen LogP contribution in [0.25, 0.3) is 10.9 Å². The van der Waals surface area contributed by atoms with Gasteiger partial charge in [-0.3, -0.25) is 14.2 Å². The highest BCUT2D eigenvalue weighted by atomic mass is 32.2. The lowest BCUT2D eigenvalue weighted by atomic mass is 10.1. The molecule has 1 aromatic heterocycles. The van der Waals surface area contributed by atoms with E-state index in [0.29, 0.717) is 16.1 Å². The zero-order valence-electron chi connectivity index (χ0n) is 17.8. The molecule has 3 aromatic carbocycles. The van der Waals surface area contributed by atoms with Crippen molar-refractivity contribution in [2.24, 2.45) is 0 Å². The Morgan fingerprint density at radius 1 is 1.03 bits per heavy atom. The molecule has 0 bridgehead atoms. The predicted molar refractivity (Wildman–Crippen MR) is 127 cm³/mol. The van der Waals surface area contributed by atoms with Crippen molar-refractivity contribution in [2.75, 3.05) is 11.1 Å². The van der Waals surface area contributed by atoms with Crippen molar-refractivity contribution in [3.8, 4) is 0 Å². The van der Waals surface area contributed by atoms with Crippen LogP contribution in [0.2, 0.25) is 0 Å². The van der Waals surface area contributed by atoms with Gasteiger partial charge in [-0.25, -0.2) is 9.37 Å². The normalized spacial score (nSPS) is 11.0. The topological polar surface area (TPSA) is 64.0 Å². The largest absolute Gasteiger partial charge is 0.325 e. The third kappa shape index (κ3) is 4.89. The molecule has 0 atom stereocenters. The van der Waals surface area contributed by atoms with Gasteiger partial charge in [-0.15, -0.1) is 0 Å². The van der Waals surface area contributed by atoms with Crippen LogP contribution in [0.1, 0.15) is 16.7 Å². The molecule has 162 valence electrons. The number of rotatable bonds is 6. The minimum atomic E-state index is -0.338. The molecule has 1 N–H and O–H groups in total. The van der Waals surface area contributed by atoms with E-state index >= 15 is 0 Å². The molecule has 0 fully saturated rings. The molecule has 0 radical (unpaired) electrons. The molecular weight excluding hydrogens is 425 g/mol. The molecule has 0 unspecified atom stereocenters. The first-order valence-corrected chi connectivity index (χ1v) is 11.1. The highest BCUT2D eigenvalue weighted by Crippen LogP contribution is 2.20. The number of hydrogen-bond acceptors (Lipinski definition) is 4. The standard InChI is InChI=1S/C25H22FN3O2S/c1-16-7-12-20(13-17(16)2)27-23(30)15-32-25-28-22-6-4-3-5-21(22)24(31)29(25)14-18-8-10-19(26)11-9-18/h3-13H,14-15H2,1-2H3,(H,27,30). The Labute approximate surface area is 189 Å². The van der Waals surface area contributed by atoms with Crippen LogP contribution in [0, 0.1) is 19.7 Å². The van der Waals surface area contributed by atoms with Crippen molar-refractivity contribution in [2.45, 2.75) is 25.5 Å². The molecule has 5 nitrogen and oxygen atoms in total. The maximum atomic E-state index is 13.3. The molecule has 0 saturated heterocycles. The van der Waals surface area contributed by atoms with Crippen molar-refractivity contribution >= 4 is 34.3 Å². The Bertz CT molecular complexity index is 1350. The molecule has 7 heteroatoms. The Morgan fingerprint density at radius 2 is 1.78 bits per heavy atom. The van der Waals surface area contributed by atoms with Crippen LogP contribution >= 0.6 is 11.8 Å². The summed E-state index contributed by atoms with van der Waals surface area (Å²) in [7, 11) is 0. The molecule has 4 aromatic rings. The SMILES string of the molecule is Cc1ccc(NC(=O)CSc2nc3ccccc3c(=O)n2Cc2ccc(F)cc2)cc1C. The van der Waals surface area contributed by atoms with Crippen LogP contribution in [0.3, 0.4) is 0 Å². The van der Waals surface area contributed by atoms with E-state index in [0.717, 1.165) is 22.4 Å². The van der Waals surface area contributed by atoms with Gasteiger partial charge in [0.25, 0.3) is 5.56 Å². The summed E-state index contributed by atoms with van der Waals surface area (Å²) in [5, 5.41) is 3.83. The van der Waals surface area contributed by atoms with Gasteiger partial charge >= 0.3 is 0 Å². The number of nitrogens with zero attached hydrogens (tertiary/aromatic N) is 2. The number of carbonyl (C=O) groups is 1. The lowest BCUT2D eigenvalue weighted by molar-refractivity contribution is -0.113. The molecule has 0 aliphatic heterocycles. The number of aryl methyl sites for hydroxylation is 2. The summed E-state index contributed by atoms with van der Waals surface area (Å²) in [6, 6.07) is 18.9. The molecule has 1 amide bonds. The van der Waals surface area contributed by atoms with Gasteiger partial charge in [0.2, 0.25) is 5.91 Å². The van der Waals surface area contributed by atoms with E-state index in [-0.39, 0.29) is 29.6 Å². The first-order chi connectivity index (χ1) is 15.4. The van der Waals surface area contributed by atoms with Crippen LogP contribution < -0.4 is 10.9 Å². The second kappa shape index (κ2) is 9.36. The van der Waals surface area contributed by atoms with Crippen molar-refractivity contribution in [3.63, 3.8) is 0 Å². The number of benzene rings is 3. The predicted octanol–water partition coefficient (Wildman–Crippen LogP) is 4.93. The van der Waals surface area contributed by atoms with Gasteiger partial charge in [0.1, 0.15) is 5.82 Å². The molecular formula is C25H22FN3O2S.